The highest BCUT2D eigenvalue weighted by molar-refractivity contribution is 8.14. The van der Waals surface area contributed by atoms with Gasteiger partial charge in [0.1, 0.15) is 0 Å². The monoisotopic (exact) mass is 452 g/mol. The van der Waals surface area contributed by atoms with Gasteiger partial charge in [-0.05, 0) is 55.8 Å². The van der Waals surface area contributed by atoms with Crippen LogP contribution in [0.2, 0.25) is 0 Å². The van der Waals surface area contributed by atoms with Crippen molar-refractivity contribution in [1.82, 2.24) is 9.80 Å². The Hall–Kier alpha value is -2.84. The molecule has 8 heteroatoms. The molecule has 2 aromatic rings. The maximum absolute atomic E-state index is 12.6. The number of hydrogen-bond acceptors (Lipinski definition) is 6. The van der Waals surface area contributed by atoms with Gasteiger partial charge in [-0.3, -0.25) is 24.2 Å². The maximum atomic E-state index is 12.6. The minimum Gasteiger partial charge on any atom is -0.369 e. The highest BCUT2D eigenvalue weighted by Crippen LogP contribution is 2.22. The van der Waals surface area contributed by atoms with E-state index >= 15 is 0 Å². The van der Waals surface area contributed by atoms with Gasteiger partial charge in [-0.15, -0.1) is 0 Å². The summed E-state index contributed by atoms with van der Waals surface area (Å²) >= 11 is 1.03. The molecule has 2 aliphatic rings. The molecule has 0 atom stereocenters. The van der Waals surface area contributed by atoms with E-state index in [1.807, 2.05) is 36.4 Å². The van der Waals surface area contributed by atoms with Crippen LogP contribution in [0.3, 0.4) is 0 Å². The zero-order valence-corrected chi connectivity index (χ0v) is 19.2. The first-order valence-electron chi connectivity index (χ1n) is 10.9. The Bertz CT molecular complexity index is 967. The lowest BCUT2D eigenvalue weighted by Crippen LogP contribution is -2.48. The van der Waals surface area contributed by atoms with Gasteiger partial charge in [0, 0.05) is 49.2 Å². The first kappa shape index (κ1) is 22.4. The van der Waals surface area contributed by atoms with Gasteiger partial charge in [0.25, 0.3) is 11.1 Å². The average molecular weight is 453 g/mol. The summed E-state index contributed by atoms with van der Waals surface area (Å²) in [5.74, 6) is -0.127. The van der Waals surface area contributed by atoms with Crippen molar-refractivity contribution >= 4 is 40.2 Å². The molecule has 0 bridgehead atoms. The van der Waals surface area contributed by atoms with Crippen LogP contribution in [0, 0.1) is 0 Å². The van der Waals surface area contributed by atoms with Crippen LogP contribution in [0.5, 0.6) is 0 Å². The van der Waals surface area contributed by atoms with E-state index in [2.05, 4.69) is 29.0 Å². The second-order valence-electron chi connectivity index (χ2n) is 8.35. The lowest BCUT2D eigenvalue weighted by molar-refractivity contribution is -0.125. The molecule has 2 aliphatic heterocycles. The van der Waals surface area contributed by atoms with E-state index in [1.165, 1.54) is 4.90 Å². The number of carbonyl (C=O) groups is 3. The molecule has 2 fully saturated rings. The molecule has 0 aliphatic carbocycles. The van der Waals surface area contributed by atoms with E-state index in [0.717, 1.165) is 49.2 Å². The lowest BCUT2D eigenvalue weighted by Gasteiger charge is -2.38. The molecule has 0 saturated carbocycles. The quantitative estimate of drug-likeness (QED) is 0.721. The lowest BCUT2D eigenvalue weighted by atomic mass is 10.1. The van der Waals surface area contributed by atoms with Crippen LogP contribution in [-0.2, 0) is 11.3 Å². The number of thioether (sulfide) groups is 1. The predicted molar refractivity (Wildman–Crippen MR) is 128 cm³/mol. The highest BCUT2D eigenvalue weighted by atomic mass is 32.2. The van der Waals surface area contributed by atoms with Gasteiger partial charge >= 0.3 is 0 Å². The Morgan fingerprint density at radius 1 is 0.969 bits per heavy atom. The number of nitrogens with zero attached hydrogens (tertiary/aromatic N) is 3. The van der Waals surface area contributed by atoms with Gasteiger partial charge in [-0.2, -0.15) is 0 Å². The second-order valence-corrected chi connectivity index (χ2v) is 9.28. The molecule has 0 unspecified atom stereocenters. The maximum Gasteiger partial charge on any atom is 0.289 e. The number of hydrogen-bond donors (Lipinski definition) is 1. The van der Waals surface area contributed by atoms with Crippen LogP contribution in [0.4, 0.5) is 16.2 Å². The van der Waals surface area contributed by atoms with Gasteiger partial charge in [-0.1, -0.05) is 23.9 Å². The Labute approximate surface area is 192 Å². The van der Waals surface area contributed by atoms with Crippen molar-refractivity contribution < 1.29 is 14.4 Å². The fourth-order valence-electron chi connectivity index (χ4n) is 3.93. The number of amides is 3. The fourth-order valence-corrected chi connectivity index (χ4v) is 4.66. The van der Waals surface area contributed by atoms with Crippen molar-refractivity contribution in [2.45, 2.75) is 26.4 Å². The topological polar surface area (TPSA) is 73.0 Å². The summed E-state index contributed by atoms with van der Waals surface area (Å²) in [6.45, 7) is 8.79. The Morgan fingerprint density at radius 3 is 2.19 bits per heavy atom. The first-order valence-corrected chi connectivity index (χ1v) is 11.9. The molecule has 4 rings (SSSR count). The minimum atomic E-state index is -0.211. The van der Waals surface area contributed by atoms with Crippen molar-refractivity contribution in [2.75, 3.05) is 42.1 Å². The molecule has 2 aromatic carbocycles. The molecule has 168 valence electrons. The van der Waals surface area contributed by atoms with E-state index < -0.39 is 0 Å². The molecule has 32 heavy (non-hydrogen) atoms. The number of anilines is 2. The summed E-state index contributed by atoms with van der Waals surface area (Å²) in [5, 5.41) is 2.69. The van der Waals surface area contributed by atoms with Gasteiger partial charge in [0.2, 0.25) is 5.91 Å². The van der Waals surface area contributed by atoms with Gasteiger partial charge in [0.15, 0.2) is 0 Å². The van der Waals surface area contributed by atoms with E-state index in [0.29, 0.717) is 17.3 Å². The van der Waals surface area contributed by atoms with Crippen molar-refractivity contribution in [3.63, 3.8) is 0 Å². The van der Waals surface area contributed by atoms with Gasteiger partial charge < -0.3 is 10.2 Å². The summed E-state index contributed by atoms with van der Waals surface area (Å²) in [6.07, 6.45) is 0. The molecule has 0 spiro atoms. The largest absolute Gasteiger partial charge is 0.369 e. The molecular formula is C24H28N4O3S. The third kappa shape index (κ3) is 5.14. The second kappa shape index (κ2) is 9.75. The molecule has 0 radical (unpaired) electrons. The average Bonchev–Trinajstić information content (AvgIpc) is 3.12. The summed E-state index contributed by atoms with van der Waals surface area (Å²) in [5.41, 5.74) is 3.25. The van der Waals surface area contributed by atoms with E-state index in [9.17, 15) is 14.4 Å². The standard InChI is InChI=1S/C24H28N4O3S/c1-17(2)26-11-13-27(14-12-26)21-9-5-19(6-10-21)23(30)25-20-7-3-18(4-8-20)15-28-22(29)16-32-24(28)31/h3-10,17H,11-16H2,1-2H3,(H,25,30). The van der Waals surface area contributed by atoms with Crippen LogP contribution in [-0.4, -0.2) is 64.8 Å². The Kier molecular flexibility index (Phi) is 6.81. The van der Waals surface area contributed by atoms with Crippen LogP contribution < -0.4 is 10.2 Å². The molecule has 2 heterocycles. The zero-order valence-electron chi connectivity index (χ0n) is 18.4. The van der Waals surface area contributed by atoms with Crippen LogP contribution in [0.25, 0.3) is 0 Å². The van der Waals surface area contributed by atoms with Crippen LogP contribution >= 0.6 is 11.8 Å². The summed E-state index contributed by atoms with van der Waals surface area (Å²) in [6, 6.07) is 15.5. The van der Waals surface area contributed by atoms with E-state index in [-0.39, 0.29) is 29.4 Å². The molecule has 7 nitrogen and oxygen atoms in total. The summed E-state index contributed by atoms with van der Waals surface area (Å²) in [7, 11) is 0. The SMILES string of the molecule is CC(C)N1CCN(c2ccc(C(=O)Nc3ccc(CN4C(=O)CSC4=O)cc3)cc2)CC1. The summed E-state index contributed by atoms with van der Waals surface area (Å²) in [4.78, 5) is 42.2. The zero-order chi connectivity index (χ0) is 22.7. The Morgan fingerprint density at radius 2 is 1.62 bits per heavy atom. The third-order valence-corrected chi connectivity index (χ3v) is 6.79. The first-order chi connectivity index (χ1) is 15.4. The van der Waals surface area contributed by atoms with Gasteiger partial charge in [0.05, 0.1) is 12.3 Å². The fraction of sp³-hybridized carbons (Fsp3) is 0.375. The van der Waals surface area contributed by atoms with Crippen LogP contribution in [0.15, 0.2) is 48.5 Å². The smallest absolute Gasteiger partial charge is 0.289 e. The molecule has 3 amide bonds. The Balaban J connectivity index is 1.32. The number of piperazine rings is 1. The molecule has 0 aromatic heterocycles. The van der Waals surface area contributed by atoms with E-state index in [4.69, 9.17) is 0 Å². The van der Waals surface area contributed by atoms with Gasteiger partial charge in [-0.25, -0.2) is 0 Å². The van der Waals surface area contributed by atoms with Crippen LogP contribution in [0.1, 0.15) is 29.8 Å². The van der Waals surface area contributed by atoms with Crippen molar-refractivity contribution in [3.8, 4) is 0 Å². The minimum absolute atomic E-state index is 0.164. The van der Waals surface area contributed by atoms with E-state index in [1.54, 1.807) is 12.1 Å². The number of rotatable bonds is 6. The third-order valence-electron chi connectivity index (χ3n) is 5.93. The normalized spacial score (nSPS) is 17.3. The van der Waals surface area contributed by atoms with Crippen molar-refractivity contribution in [2.24, 2.45) is 0 Å². The molecular weight excluding hydrogens is 424 g/mol. The number of carbonyl (C=O) groups excluding carboxylic acids is 3. The number of benzene rings is 2. The number of nitrogens with one attached hydrogen (secondary N) is 1. The predicted octanol–water partition coefficient (Wildman–Crippen LogP) is 3.66. The number of imide groups is 1. The van der Waals surface area contributed by atoms with Crippen molar-refractivity contribution in [3.05, 3.63) is 59.7 Å². The van der Waals surface area contributed by atoms with Crippen molar-refractivity contribution in [1.29, 1.82) is 0 Å². The molecule has 1 N–H and O–H groups in total. The highest BCUT2D eigenvalue weighted by Gasteiger charge is 2.29. The molecule has 2 saturated heterocycles. The summed E-state index contributed by atoms with van der Waals surface area (Å²) < 4.78 is 0.